The molecule has 2 aromatic rings. The van der Waals surface area contributed by atoms with Crippen LogP contribution in [0.2, 0.25) is 0 Å². The van der Waals surface area contributed by atoms with E-state index < -0.39 is 0 Å². The summed E-state index contributed by atoms with van der Waals surface area (Å²) in [6, 6.07) is 5.17. The molecule has 1 aromatic heterocycles. The van der Waals surface area contributed by atoms with Crippen LogP contribution in [-0.4, -0.2) is 54.2 Å². The molecule has 0 N–H and O–H groups in total. The number of benzene rings is 1. The van der Waals surface area contributed by atoms with Crippen LogP contribution in [-0.2, 0) is 0 Å². The predicted molar refractivity (Wildman–Crippen MR) is 86.5 cm³/mol. The summed E-state index contributed by atoms with van der Waals surface area (Å²) in [6.07, 6.45) is 5.40. The van der Waals surface area contributed by atoms with Gasteiger partial charge in [0, 0.05) is 31.4 Å². The third kappa shape index (κ3) is 3.40. The molecular weight excluding hydrogens is 310 g/mol. The van der Waals surface area contributed by atoms with E-state index in [1.807, 2.05) is 0 Å². The second-order valence-corrected chi connectivity index (χ2v) is 5.39. The first-order valence-electron chi connectivity index (χ1n) is 7.65. The Bertz CT molecular complexity index is 708. The molecule has 7 heteroatoms. The minimum Gasteiger partial charge on any atom is -0.497 e. The van der Waals surface area contributed by atoms with Crippen LogP contribution >= 0.6 is 0 Å². The van der Waals surface area contributed by atoms with Gasteiger partial charge in [-0.1, -0.05) is 0 Å². The lowest BCUT2D eigenvalue weighted by molar-refractivity contribution is 0.0767. The highest BCUT2D eigenvalue weighted by Crippen LogP contribution is 2.27. The van der Waals surface area contributed by atoms with E-state index in [9.17, 15) is 4.79 Å². The van der Waals surface area contributed by atoms with Crippen molar-refractivity contribution in [1.29, 1.82) is 0 Å². The predicted octanol–water partition coefficient (Wildman–Crippen LogP) is 1.79. The molecular formula is C17H19N3O4. The zero-order valence-electron chi connectivity index (χ0n) is 13.6. The number of carbonyl (C=O) groups excluding carboxylic acids is 1. The molecule has 7 nitrogen and oxygen atoms in total. The zero-order valence-corrected chi connectivity index (χ0v) is 13.6. The molecule has 1 aliphatic heterocycles. The molecule has 1 saturated heterocycles. The number of amides is 1. The minimum absolute atomic E-state index is 0.0836. The van der Waals surface area contributed by atoms with Gasteiger partial charge in [0.15, 0.2) is 0 Å². The molecule has 0 bridgehead atoms. The van der Waals surface area contributed by atoms with Gasteiger partial charge in [-0.05, 0) is 12.1 Å². The smallest absolute Gasteiger partial charge is 0.257 e. The first-order valence-corrected chi connectivity index (χ1v) is 7.65. The first-order chi connectivity index (χ1) is 11.7. The lowest BCUT2D eigenvalue weighted by Gasteiger charge is -2.18. The Morgan fingerprint density at radius 3 is 2.83 bits per heavy atom. The second-order valence-electron chi connectivity index (χ2n) is 5.39. The summed E-state index contributed by atoms with van der Waals surface area (Å²) in [6.45, 7) is 1.13. The van der Waals surface area contributed by atoms with Gasteiger partial charge >= 0.3 is 0 Å². The van der Waals surface area contributed by atoms with Crippen molar-refractivity contribution in [3.63, 3.8) is 0 Å². The number of likely N-dealkylation sites (tertiary alicyclic amines) is 1. The summed E-state index contributed by atoms with van der Waals surface area (Å²) in [4.78, 5) is 22.6. The van der Waals surface area contributed by atoms with E-state index in [-0.39, 0.29) is 12.0 Å². The maximum Gasteiger partial charge on any atom is 0.257 e. The van der Waals surface area contributed by atoms with Crippen LogP contribution in [0.25, 0.3) is 0 Å². The SMILES string of the molecule is COc1ccc(C(=O)N2CCC(Oc3cnccn3)C2)c(OC)c1. The van der Waals surface area contributed by atoms with Gasteiger partial charge in [0.05, 0.1) is 32.5 Å². The summed E-state index contributed by atoms with van der Waals surface area (Å²) in [5.41, 5.74) is 0.512. The summed E-state index contributed by atoms with van der Waals surface area (Å²) >= 11 is 0. The molecule has 24 heavy (non-hydrogen) atoms. The number of hydrogen-bond donors (Lipinski definition) is 0. The largest absolute Gasteiger partial charge is 0.497 e. The molecule has 2 heterocycles. The lowest BCUT2D eigenvalue weighted by atomic mass is 10.1. The number of nitrogens with zero attached hydrogens (tertiary/aromatic N) is 3. The fourth-order valence-electron chi connectivity index (χ4n) is 2.67. The highest BCUT2D eigenvalue weighted by atomic mass is 16.5. The Morgan fingerprint density at radius 2 is 2.12 bits per heavy atom. The Kier molecular flexibility index (Phi) is 4.79. The van der Waals surface area contributed by atoms with E-state index in [0.717, 1.165) is 6.42 Å². The normalized spacial score (nSPS) is 16.8. The summed E-state index contributed by atoms with van der Waals surface area (Å²) < 4.78 is 16.2. The van der Waals surface area contributed by atoms with E-state index >= 15 is 0 Å². The number of ether oxygens (including phenoxy) is 3. The molecule has 1 aromatic carbocycles. The number of carbonyl (C=O) groups is 1. The Balaban J connectivity index is 1.68. The highest BCUT2D eigenvalue weighted by Gasteiger charge is 2.30. The van der Waals surface area contributed by atoms with E-state index in [1.54, 1.807) is 48.8 Å². The van der Waals surface area contributed by atoms with E-state index in [1.165, 1.54) is 7.11 Å². The van der Waals surface area contributed by atoms with Crippen LogP contribution in [0.15, 0.2) is 36.8 Å². The van der Waals surface area contributed by atoms with Gasteiger partial charge in [0.25, 0.3) is 5.91 Å². The standard InChI is InChI=1S/C17H19N3O4/c1-22-12-3-4-14(15(9-12)23-2)17(21)20-8-5-13(11-20)24-16-10-18-6-7-19-16/h3-4,6-7,9-10,13H,5,8,11H2,1-2H3. The fourth-order valence-corrected chi connectivity index (χ4v) is 2.67. The quantitative estimate of drug-likeness (QED) is 0.832. The average molecular weight is 329 g/mol. The number of hydrogen-bond acceptors (Lipinski definition) is 6. The molecule has 1 fully saturated rings. The molecule has 1 unspecified atom stereocenters. The lowest BCUT2D eigenvalue weighted by Crippen LogP contribution is -2.31. The first kappa shape index (κ1) is 16.0. The number of rotatable bonds is 5. The maximum atomic E-state index is 12.7. The monoisotopic (exact) mass is 329 g/mol. The molecule has 0 radical (unpaired) electrons. The van der Waals surface area contributed by atoms with Gasteiger partial charge < -0.3 is 19.1 Å². The Morgan fingerprint density at radius 1 is 1.25 bits per heavy atom. The molecule has 1 aliphatic rings. The van der Waals surface area contributed by atoms with Crippen molar-refractivity contribution in [2.75, 3.05) is 27.3 Å². The van der Waals surface area contributed by atoms with Gasteiger partial charge in [0.2, 0.25) is 5.88 Å². The fraction of sp³-hybridized carbons (Fsp3) is 0.353. The van der Waals surface area contributed by atoms with Crippen molar-refractivity contribution >= 4 is 5.91 Å². The summed E-state index contributed by atoms with van der Waals surface area (Å²) in [5.74, 6) is 1.53. The van der Waals surface area contributed by atoms with Crippen LogP contribution < -0.4 is 14.2 Å². The molecule has 3 rings (SSSR count). The van der Waals surface area contributed by atoms with E-state index in [0.29, 0.717) is 36.0 Å². The van der Waals surface area contributed by atoms with E-state index in [4.69, 9.17) is 14.2 Å². The van der Waals surface area contributed by atoms with Crippen molar-refractivity contribution in [2.45, 2.75) is 12.5 Å². The van der Waals surface area contributed by atoms with Crippen molar-refractivity contribution in [1.82, 2.24) is 14.9 Å². The average Bonchev–Trinajstić information content (AvgIpc) is 3.09. The van der Waals surface area contributed by atoms with Gasteiger partial charge in [-0.15, -0.1) is 0 Å². The van der Waals surface area contributed by atoms with Gasteiger partial charge in [-0.25, -0.2) is 4.98 Å². The number of aromatic nitrogens is 2. The minimum atomic E-state index is -0.0881. The molecule has 1 amide bonds. The van der Waals surface area contributed by atoms with Crippen molar-refractivity contribution in [3.05, 3.63) is 42.4 Å². The molecule has 0 saturated carbocycles. The van der Waals surface area contributed by atoms with Gasteiger partial charge in [-0.2, -0.15) is 0 Å². The van der Waals surface area contributed by atoms with Crippen LogP contribution in [0.3, 0.4) is 0 Å². The van der Waals surface area contributed by atoms with Crippen molar-refractivity contribution < 1.29 is 19.0 Å². The molecule has 1 atom stereocenters. The third-order valence-corrected chi connectivity index (χ3v) is 3.90. The molecule has 126 valence electrons. The van der Waals surface area contributed by atoms with E-state index in [2.05, 4.69) is 9.97 Å². The van der Waals surface area contributed by atoms with Crippen LogP contribution in [0.1, 0.15) is 16.8 Å². The topological polar surface area (TPSA) is 73.8 Å². The van der Waals surface area contributed by atoms with Gasteiger partial charge in [-0.3, -0.25) is 9.78 Å². The summed E-state index contributed by atoms with van der Waals surface area (Å²) in [7, 11) is 3.11. The third-order valence-electron chi connectivity index (χ3n) is 3.90. The number of methoxy groups -OCH3 is 2. The molecule has 0 spiro atoms. The highest BCUT2D eigenvalue weighted by molar-refractivity contribution is 5.97. The zero-order chi connectivity index (χ0) is 16.9. The Hall–Kier alpha value is -2.83. The van der Waals surface area contributed by atoms with Crippen molar-refractivity contribution in [2.24, 2.45) is 0 Å². The van der Waals surface area contributed by atoms with Gasteiger partial charge in [0.1, 0.15) is 17.6 Å². The second kappa shape index (κ2) is 7.16. The maximum absolute atomic E-state index is 12.7. The van der Waals surface area contributed by atoms with Crippen LogP contribution in [0, 0.1) is 0 Å². The van der Waals surface area contributed by atoms with Crippen LogP contribution in [0.5, 0.6) is 17.4 Å². The Labute approximate surface area is 140 Å². The van der Waals surface area contributed by atoms with Crippen LogP contribution in [0.4, 0.5) is 0 Å². The molecule has 0 aliphatic carbocycles. The summed E-state index contributed by atoms with van der Waals surface area (Å²) in [5, 5.41) is 0. The van der Waals surface area contributed by atoms with Crippen molar-refractivity contribution in [3.8, 4) is 17.4 Å².